The molecule has 0 atom stereocenters. The summed E-state index contributed by atoms with van der Waals surface area (Å²) in [6.07, 6.45) is 0. The normalized spacial score (nSPS) is 10.8. The SMILES string of the molecule is CCOC(=O)C(C(=O)OCC)N(Cc1ccccc1)Cc1ccccc1. The number of carbonyl (C=O) groups is 2. The second-order valence-corrected chi connectivity index (χ2v) is 5.78. The van der Waals surface area contributed by atoms with Crippen molar-refractivity contribution < 1.29 is 19.1 Å². The van der Waals surface area contributed by atoms with Crippen molar-refractivity contribution in [2.75, 3.05) is 13.2 Å². The van der Waals surface area contributed by atoms with Gasteiger partial charge in [-0.05, 0) is 25.0 Å². The smallest absolute Gasteiger partial charge is 0.335 e. The Labute approximate surface area is 154 Å². The van der Waals surface area contributed by atoms with E-state index in [2.05, 4.69) is 0 Å². The molecule has 0 heterocycles. The molecule has 2 aromatic rings. The summed E-state index contributed by atoms with van der Waals surface area (Å²) in [6.45, 7) is 4.71. The van der Waals surface area contributed by atoms with E-state index in [4.69, 9.17) is 9.47 Å². The van der Waals surface area contributed by atoms with E-state index in [0.29, 0.717) is 13.1 Å². The van der Waals surface area contributed by atoms with E-state index in [-0.39, 0.29) is 13.2 Å². The second-order valence-electron chi connectivity index (χ2n) is 5.78. The van der Waals surface area contributed by atoms with Crippen LogP contribution in [0.2, 0.25) is 0 Å². The van der Waals surface area contributed by atoms with E-state index in [1.54, 1.807) is 18.7 Å². The lowest BCUT2D eigenvalue weighted by Crippen LogP contribution is -2.47. The minimum Gasteiger partial charge on any atom is -0.464 e. The third kappa shape index (κ3) is 5.70. The van der Waals surface area contributed by atoms with E-state index in [1.165, 1.54) is 0 Å². The summed E-state index contributed by atoms with van der Waals surface area (Å²) < 4.78 is 10.3. The van der Waals surface area contributed by atoms with Crippen LogP contribution in [0.5, 0.6) is 0 Å². The average molecular weight is 355 g/mol. The molecule has 0 aliphatic carbocycles. The van der Waals surface area contributed by atoms with Crippen molar-refractivity contribution in [3.8, 4) is 0 Å². The largest absolute Gasteiger partial charge is 0.464 e. The lowest BCUT2D eigenvalue weighted by Gasteiger charge is -2.28. The minimum atomic E-state index is -1.10. The van der Waals surface area contributed by atoms with Gasteiger partial charge in [-0.15, -0.1) is 0 Å². The summed E-state index contributed by atoms with van der Waals surface area (Å²) >= 11 is 0. The molecule has 138 valence electrons. The van der Waals surface area contributed by atoms with Gasteiger partial charge in [-0.3, -0.25) is 4.90 Å². The minimum absolute atomic E-state index is 0.208. The molecule has 0 saturated heterocycles. The summed E-state index contributed by atoms with van der Waals surface area (Å²) in [5, 5.41) is 0. The summed E-state index contributed by atoms with van der Waals surface area (Å²) in [5.74, 6) is -1.17. The summed E-state index contributed by atoms with van der Waals surface area (Å²) in [6, 6.07) is 18.3. The first-order valence-corrected chi connectivity index (χ1v) is 8.80. The highest BCUT2D eigenvalue weighted by molar-refractivity contribution is 5.99. The van der Waals surface area contributed by atoms with Crippen LogP contribution in [0.25, 0.3) is 0 Å². The van der Waals surface area contributed by atoms with Crippen LogP contribution in [0.4, 0.5) is 0 Å². The summed E-state index contributed by atoms with van der Waals surface area (Å²) in [7, 11) is 0. The molecule has 0 saturated carbocycles. The Kier molecular flexibility index (Phi) is 7.83. The van der Waals surface area contributed by atoms with Crippen LogP contribution < -0.4 is 0 Å². The van der Waals surface area contributed by atoms with Crippen molar-refractivity contribution in [3.63, 3.8) is 0 Å². The van der Waals surface area contributed by atoms with Gasteiger partial charge in [0.15, 0.2) is 0 Å². The van der Waals surface area contributed by atoms with Crippen LogP contribution in [-0.2, 0) is 32.2 Å². The summed E-state index contributed by atoms with van der Waals surface area (Å²) in [4.78, 5) is 26.8. The maximum Gasteiger partial charge on any atom is 0.335 e. The van der Waals surface area contributed by atoms with Crippen LogP contribution in [0.15, 0.2) is 60.7 Å². The Hall–Kier alpha value is -2.66. The van der Waals surface area contributed by atoms with Gasteiger partial charge in [0.2, 0.25) is 6.04 Å². The Bertz CT molecular complexity index is 628. The Morgan fingerprint density at radius 1 is 0.769 bits per heavy atom. The Morgan fingerprint density at radius 2 is 1.15 bits per heavy atom. The van der Waals surface area contributed by atoms with Crippen molar-refractivity contribution in [2.24, 2.45) is 0 Å². The van der Waals surface area contributed by atoms with Gasteiger partial charge in [0.05, 0.1) is 13.2 Å². The molecule has 0 unspecified atom stereocenters. The first-order valence-electron chi connectivity index (χ1n) is 8.80. The monoisotopic (exact) mass is 355 g/mol. The lowest BCUT2D eigenvalue weighted by atomic mass is 10.1. The fraction of sp³-hybridized carbons (Fsp3) is 0.333. The number of ether oxygens (including phenoxy) is 2. The molecule has 0 radical (unpaired) electrons. The molecule has 0 aromatic heterocycles. The number of esters is 2. The molecule has 2 rings (SSSR count). The number of carbonyl (C=O) groups excluding carboxylic acids is 2. The van der Waals surface area contributed by atoms with Crippen LogP contribution >= 0.6 is 0 Å². The lowest BCUT2D eigenvalue weighted by molar-refractivity contribution is -0.164. The van der Waals surface area contributed by atoms with E-state index in [9.17, 15) is 9.59 Å². The molecule has 5 heteroatoms. The zero-order chi connectivity index (χ0) is 18.8. The van der Waals surface area contributed by atoms with E-state index in [0.717, 1.165) is 11.1 Å². The fourth-order valence-corrected chi connectivity index (χ4v) is 2.71. The maximum absolute atomic E-state index is 12.5. The fourth-order valence-electron chi connectivity index (χ4n) is 2.71. The molecule has 0 amide bonds. The zero-order valence-corrected chi connectivity index (χ0v) is 15.3. The topological polar surface area (TPSA) is 55.8 Å². The Morgan fingerprint density at radius 3 is 1.50 bits per heavy atom. The highest BCUT2D eigenvalue weighted by Crippen LogP contribution is 2.16. The number of hydrogen-bond acceptors (Lipinski definition) is 5. The number of benzene rings is 2. The number of nitrogens with zero attached hydrogens (tertiary/aromatic N) is 1. The van der Waals surface area contributed by atoms with Gasteiger partial charge in [0, 0.05) is 13.1 Å². The molecule has 5 nitrogen and oxygen atoms in total. The predicted molar refractivity (Wildman–Crippen MR) is 99.2 cm³/mol. The van der Waals surface area contributed by atoms with Crippen molar-refractivity contribution in [1.82, 2.24) is 4.90 Å². The van der Waals surface area contributed by atoms with Crippen molar-refractivity contribution in [2.45, 2.75) is 33.0 Å². The van der Waals surface area contributed by atoms with Gasteiger partial charge in [-0.25, -0.2) is 9.59 Å². The highest BCUT2D eigenvalue weighted by Gasteiger charge is 2.35. The van der Waals surface area contributed by atoms with Gasteiger partial charge < -0.3 is 9.47 Å². The van der Waals surface area contributed by atoms with Crippen LogP contribution in [0.1, 0.15) is 25.0 Å². The zero-order valence-electron chi connectivity index (χ0n) is 15.3. The van der Waals surface area contributed by atoms with Crippen LogP contribution in [-0.4, -0.2) is 36.1 Å². The predicted octanol–water partition coefficient (Wildman–Crippen LogP) is 3.18. The molecular formula is C21H25NO4. The Balaban J connectivity index is 2.32. The van der Waals surface area contributed by atoms with Crippen LogP contribution in [0.3, 0.4) is 0 Å². The van der Waals surface area contributed by atoms with Crippen molar-refractivity contribution >= 4 is 11.9 Å². The van der Waals surface area contributed by atoms with E-state index < -0.39 is 18.0 Å². The molecule has 0 aliphatic rings. The van der Waals surface area contributed by atoms with Crippen molar-refractivity contribution in [3.05, 3.63) is 71.8 Å². The standard InChI is InChI=1S/C21H25NO4/c1-3-25-20(23)19(21(24)26-4-2)22(15-17-11-7-5-8-12-17)16-18-13-9-6-10-14-18/h5-14,19H,3-4,15-16H2,1-2H3. The first kappa shape index (κ1) is 19.7. The first-order chi connectivity index (χ1) is 12.7. The quantitative estimate of drug-likeness (QED) is 0.511. The molecule has 0 bridgehead atoms. The van der Waals surface area contributed by atoms with E-state index >= 15 is 0 Å². The second kappa shape index (κ2) is 10.4. The molecule has 26 heavy (non-hydrogen) atoms. The average Bonchev–Trinajstić information content (AvgIpc) is 2.64. The van der Waals surface area contributed by atoms with Gasteiger partial charge >= 0.3 is 11.9 Å². The van der Waals surface area contributed by atoms with E-state index in [1.807, 2.05) is 60.7 Å². The molecule has 2 aromatic carbocycles. The molecule has 0 spiro atoms. The third-order valence-corrected chi connectivity index (χ3v) is 3.84. The number of rotatable bonds is 9. The van der Waals surface area contributed by atoms with Gasteiger partial charge in [-0.1, -0.05) is 60.7 Å². The number of hydrogen-bond donors (Lipinski definition) is 0. The molecule has 0 aliphatic heterocycles. The third-order valence-electron chi connectivity index (χ3n) is 3.84. The maximum atomic E-state index is 12.5. The van der Waals surface area contributed by atoms with Gasteiger partial charge in [-0.2, -0.15) is 0 Å². The summed E-state index contributed by atoms with van der Waals surface area (Å²) in [5.41, 5.74) is 2.00. The molecular weight excluding hydrogens is 330 g/mol. The van der Waals surface area contributed by atoms with Gasteiger partial charge in [0.1, 0.15) is 0 Å². The van der Waals surface area contributed by atoms with Gasteiger partial charge in [0.25, 0.3) is 0 Å². The van der Waals surface area contributed by atoms with Crippen molar-refractivity contribution in [1.29, 1.82) is 0 Å². The highest BCUT2D eigenvalue weighted by atomic mass is 16.6. The molecule has 0 N–H and O–H groups in total. The molecule has 0 fully saturated rings. The van der Waals surface area contributed by atoms with Crippen LogP contribution in [0, 0.1) is 0 Å².